The highest BCUT2D eigenvalue weighted by molar-refractivity contribution is 6.18. The van der Waals surface area contributed by atoms with Crippen LogP contribution in [0.5, 0.6) is 0 Å². The maximum atomic E-state index is 13.6. The van der Waals surface area contributed by atoms with E-state index in [0.29, 0.717) is 22.5 Å². The number of benzene rings is 3. The van der Waals surface area contributed by atoms with Crippen molar-refractivity contribution >= 4 is 40.6 Å². The van der Waals surface area contributed by atoms with E-state index in [1.165, 1.54) is 30.5 Å². The molecule has 1 aliphatic heterocycles. The van der Waals surface area contributed by atoms with Gasteiger partial charge in [0.15, 0.2) is 5.78 Å². The van der Waals surface area contributed by atoms with Gasteiger partial charge in [0.2, 0.25) is 0 Å². The van der Waals surface area contributed by atoms with Gasteiger partial charge < -0.3 is 21.3 Å². The summed E-state index contributed by atoms with van der Waals surface area (Å²) in [5, 5.41) is 5.63. The molecule has 1 unspecified atom stereocenters. The minimum atomic E-state index is -4.49. The van der Waals surface area contributed by atoms with Gasteiger partial charge in [0.05, 0.1) is 22.5 Å². The molecule has 4 aromatic rings. The number of nitrogens with zero attached hydrogens (tertiary/aromatic N) is 2. The molecule has 2 heterocycles. The van der Waals surface area contributed by atoms with Gasteiger partial charge in [-0.2, -0.15) is 13.2 Å². The van der Waals surface area contributed by atoms with Gasteiger partial charge in [-0.25, -0.2) is 0 Å². The van der Waals surface area contributed by atoms with E-state index in [4.69, 9.17) is 17.3 Å². The molecule has 2 amide bonds. The van der Waals surface area contributed by atoms with Crippen LogP contribution in [0.3, 0.4) is 0 Å². The summed E-state index contributed by atoms with van der Waals surface area (Å²) in [5.41, 5.74) is 7.63. The molecule has 0 bridgehead atoms. The van der Waals surface area contributed by atoms with Crippen molar-refractivity contribution in [2.24, 2.45) is 5.73 Å². The summed E-state index contributed by atoms with van der Waals surface area (Å²) in [7, 11) is 0. The van der Waals surface area contributed by atoms with Crippen molar-refractivity contribution in [3.63, 3.8) is 0 Å². The number of carbonyl (C=O) groups is 3. The van der Waals surface area contributed by atoms with E-state index < -0.39 is 29.1 Å². The molecule has 12 heteroatoms. The third-order valence-corrected chi connectivity index (χ3v) is 8.69. The van der Waals surface area contributed by atoms with Crippen LogP contribution < -0.4 is 21.3 Å². The number of halogens is 4. The van der Waals surface area contributed by atoms with Crippen LogP contribution in [0.15, 0.2) is 85.1 Å². The van der Waals surface area contributed by atoms with Crippen LogP contribution in [0.2, 0.25) is 0 Å². The quantitative estimate of drug-likeness (QED) is 0.111. The van der Waals surface area contributed by atoms with Crippen molar-refractivity contribution in [2.45, 2.75) is 50.9 Å². The highest BCUT2D eigenvalue weighted by Gasteiger charge is 2.31. The van der Waals surface area contributed by atoms with Crippen LogP contribution >= 0.6 is 11.6 Å². The minimum Gasteiger partial charge on any atom is -0.372 e. The number of Topliss-reactive ketones (excluding diaryl/α,β-unsaturated/α-hetero) is 1. The highest BCUT2D eigenvalue weighted by Crippen LogP contribution is 2.34. The first-order valence-electron chi connectivity index (χ1n) is 16.0. The first kappa shape index (κ1) is 35.6. The molecular weight excluding hydrogens is 655 g/mol. The van der Waals surface area contributed by atoms with E-state index in [1.807, 2.05) is 12.1 Å². The second-order valence-electron chi connectivity index (χ2n) is 12.3. The van der Waals surface area contributed by atoms with Gasteiger partial charge in [-0.15, -0.1) is 11.6 Å². The summed E-state index contributed by atoms with van der Waals surface area (Å²) in [5.74, 6) is -1.09. The van der Waals surface area contributed by atoms with Crippen LogP contribution in [0, 0.1) is 0 Å². The van der Waals surface area contributed by atoms with E-state index in [9.17, 15) is 27.6 Å². The Morgan fingerprint density at radius 3 is 2.33 bits per heavy atom. The van der Waals surface area contributed by atoms with Gasteiger partial charge in [-0.1, -0.05) is 24.3 Å². The zero-order chi connectivity index (χ0) is 35.2. The van der Waals surface area contributed by atoms with Crippen LogP contribution in [0.25, 0.3) is 11.3 Å². The molecule has 1 atom stereocenters. The third-order valence-electron chi connectivity index (χ3n) is 8.50. The molecule has 0 aliphatic carbocycles. The molecule has 0 spiro atoms. The molecule has 1 saturated heterocycles. The Labute approximate surface area is 287 Å². The number of ketones is 1. The fourth-order valence-corrected chi connectivity index (χ4v) is 6.09. The fourth-order valence-electron chi connectivity index (χ4n) is 5.70. The fraction of sp³-hybridized carbons (Fsp3) is 0.297. The lowest BCUT2D eigenvalue weighted by atomic mass is 9.89. The molecule has 0 saturated carbocycles. The number of rotatable bonds is 11. The Balaban J connectivity index is 1.42. The summed E-state index contributed by atoms with van der Waals surface area (Å²) >= 11 is 5.84. The third kappa shape index (κ3) is 8.84. The molecule has 3 aromatic carbocycles. The molecule has 1 fully saturated rings. The van der Waals surface area contributed by atoms with Gasteiger partial charge in [0.25, 0.3) is 11.8 Å². The van der Waals surface area contributed by atoms with Crippen LogP contribution in [-0.2, 0) is 12.7 Å². The van der Waals surface area contributed by atoms with Crippen molar-refractivity contribution in [3.05, 3.63) is 113 Å². The number of pyridine rings is 1. The zero-order valence-corrected chi connectivity index (χ0v) is 27.7. The van der Waals surface area contributed by atoms with E-state index in [-0.39, 0.29) is 41.3 Å². The summed E-state index contributed by atoms with van der Waals surface area (Å²) in [6.45, 7) is 3.25. The number of alkyl halides is 4. The second-order valence-corrected chi connectivity index (χ2v) is 12.7. The molecule has 5 rings (SSSR count). The van der Waals surface area contributed by atoms with Gasteiger partial charge in [0.1, 0.15) is 0 Å². The highest BCUT2D eigenvalue weighted by atomic mass is 35.5. The topological polar surface area (TPSA) is 117 Å². The summed E-state index contributed by atoms with van der Waals surface area (Å²) in [4.78, 5) is 46.6. The Kier molecular flexibility index (Phi) is 11.0. The van der Waals surface area contributed by atoms with E-state index in [0.717, 1.165) is 50.2 Å². The molecule has 49 heavy (non-hydrogen) atoms. The van der Waals surface area contributed by atoms with Crippen molar-refractivity contribution < 1.29 is 27.6 Å². The maximum Gasteiger partial charge on any atom is 0.416 e. The van der Waals surface area contributed by atoms with Crippen molar-refractivity contribution in [2.75, 3.05) is 29.2 Å². The second kappa shape index (κ2) is 15.2. The van der Waals surface area contributed by atoms with Crippen LogP contribution in [0.1, 0.15) is 74.8 Å². The minimum absolute atomic E-state index is 0.108. The standard InChI is InChI=1S/C37H37ClF3N5O3/c1-36(42,14-15-38)33(47)25-8-6-9-26(20-25)35(49)45-31-12-11-29(46-17-3-2-4-18-46)22-30(31)32-21-27(13-16-43-32)34(48)44-23-24-7-5-10-28(19-24)37(39,40)41/h5-13,16,19-22H,2-4,14-15,17-18,23,42H2,1H3,(H,44,48)(H,45,49). The zero-order valence-electron chi connectivity index (χ0n) is 26.9. The number of anilines is 2. The SMILES string of the molecule is CC(N)(CCCl)C(=O)c1cccc(C(=O)Nc2ccc(N3CCCCC3)cc2-c2cc(C(=O)NCc3cccc(C(F)(F)F)c3)ccn2)c1. The monoisotopic (exact) mass is 691 g/mol. The van der Waals surface area contributed by atoms with E-state index >= 15 is 0 Å². The van der Waals surface area contributed by atoms with E-state index in [1.54, 1.807) is 37.3 Å². The Hall–Kier alpha value is -4.74. The maximum absolute atomic E-state index is 13.6. The number of piperidine rings is 1. The number of hydrogen-bond donors (Lipinski definition) is 3. The summed E-state index contributed by atoms with van der Waals surface area (Å²) < 4.78 is 39.5. The van der Waals surface area contributed by atoms with Crippen molar-refractivity contribution in [3.8, 4) is 11.3 Å². The lowest BCUT2D eigenvalue weighted by Crippen LogP contribution is -2.45. The number of aromatic nitrogens is 1. The normalized spacial score (nSPS) is 14.5. The Bertz CT molecular complexity index is 1840. The number of carbonyl (C=O) groups excluding carboxylic acids is 3. The van der Waals surface area contributed by atoms with Gasteiger partial charge in [-0.3, -0.25) is 19.4 Å². The number of amides is 2. The Morgan fingerprint density at radius 2 is 1.59 bits per heavy atom. The molecule has 8 nitrogen and oxygen atoms in total. The number of nitrogens with one attached hydrogen (secondary N) is 2. The Morgan fingerprint density at radius 1 is 0.878 bits per heavy atom. The molecule has 256 valence electrons. The van der Waals surface area contributed by atoms with Crippen molar-refractivity contribution in [1.82, 2.24) is 10.3 Å². The first-order valence-corrected chi connectivity index (χ1v) is 16.5. The molecule has 0 radical (unpaired) electrons. The average molecular weight is 692 g/mol. The van der Waals surface area contributed by atoms with Gasteiger partial charge >= 0.3 is 6.18 Å². The lowest BCUT2D eigenvalue weighted by molar-refractivity contribution is -0.137. The van der Waals surface area contributed by atoms with Crippen LogP contribution in [-0.4, -0.2) is 47.1 Å². The van der Waals surface area contributed by atoms with Gasteiger partial charge in [0, 0.05) is 59.7 Å². The van der Waals surface area contributed by atoms with Crippen LogP contribution in [0.4, 0.5) is 24.5 Å². The molecule has 4 N–H and O–H groups in total. The van der Waals surface area contributed by atoms with Gasteiger partial charge in [-0.05, 0) is 92.8 Å². The molecule has 1 aliphatic rings. The lowest BCUT2D eigenvalue weighted by Gasteiger charge is -2.29. The molecular formula is C37H37ClF3N5O3. The predicted molar refractivity (Wildman–Crippen MR) is 185 cm³/mol. The predicted octanol–water partition coefficient (Wildman–Crippen LogP) is 7.47. The van der Waals surface area contributed by atoms with E-state index in [2.05, 4.69) is 20.5 Å². The molecule has 1 aromatic heterocycles. The number of hydrogen-bond acceptors (Lipinski definition) is 6. The first-order chi connectivity index (χ1) is 23.4. The summed E-state index contributed by atoms with van der Waals surface area (Å²) in [6.07, 6.45) is 0.490. The average Bonchev–Trinajstić information content (AvgIpc) is 3.10. The number of nitrogens with two attached hydrogens (primary N) is 1. The smallest absolute Gasteiger partial charge is 0.372 e. The largest absolute Gasteiger partial charge is 0.416 e. The summed E-state index contributed by atoms with van der Waals surface area (Å²) in [6, 6.07) is 19.8. The van der Waals surface area contributed by atoms with Crippen molar-refractivity contribution in [1.29, 1.82) is 0 Å².